The van der Waals surface area contributed by atoms with Crippen LogP contribution in [0.25, 0.3) is 0 Å². The van der Waals surface area contributed by atoms with E-state index in [9.17, 15) is 4.39 Å². The van der Waals surface area contributed by atoms with Gasteiger partial charge in [-0.05, 0) is 23.2 Å². The molecule has 10 heavy (non-hydrogen) atoms. The summed E-state index contributed by atoms with van der Waals surface area (Å²) in [6, 6.07) is 0. The highest BCUT2D eigenvalue weighted by Gasteiger charge is 3.09. The van der Waals surface area contributed by atoms with E-state index in [0.29, 0.717) is 23.2 Å². The van der Waals surface area contributed by atoms with Crippen LogP contribution >= 0.6 is 0 Å². The average Bonchev–Trinajstić information content (AvgIpc) is 1.99. The van der Waals surface area contributed by atoms with E-state index in [1.165, 1.54) is 0 Å². The van der Waals surface area contributed by atoms with Crippen molar-refractivity contribution in [2.75, 3.05) is 0 Å². The van der Waals surface area contributed by atoms with Crippen LogP contribution in [0.1, 0.15) is 6.92 Å². The van der Waals surface area contributed by atoms with Gasteiger partial charge >= 0.3 is 0 Å². The van der Waals surface area contributed by atoms with E-state index < -0.39 is 5.67 Å². The Bertz CT molecular complexity index is 210. The lowest BCUT2D eigenvalue weighted by molar-refractivity contribution is -0.643. The predicted molar refractivity (Wildman–Crippen MR) is 32.9 cm³/mol. The molecule has 6 fully saturated rings. The van der Waals surface area contributed by atoms with Gasteiger partial charge in [-0.25, -0.2) is 4.39 Å². The van der Waals surface area contributed by atoms with Crippen molar-refractivity contribution in [1.29, 1.82) is 0 Å². The van der Waals surface area contributed by atoms with Crippen LogP contribution < -0.4 is 0 Å². The van der Waals surface area contributed by atoms with Gasteiger partial charge in [0.1, 0.15) is 5.67 Å². The van der Waals surface area contributed by atoms with Gasteiger partial charge in [-0.1, -0.05) is 6.92 Å². The van der Waals surface area contributed by atoms with Crippen molar-refractivity contribution in [2.24, 2.45) is 40.9 Å². The maximum absolute atomic E-state index is 13.6. The molecule has 1 heteroatoms. The van der Waals surface area contributed by atoms with Crippen LogP contribution in [-0.4, -0.2) is 5.67 Å². The first-order valence-corrected chi connectivity index (χ1v) is 4.42. The summed E-state index contributed by atoms with van der Waals surface area (Å²) in [6.07, 6.45) is 0. The minimum absolute atomic E-state index is 0.558. The maximum Gasteiger partial charge on any atom is 0.121 e. The Morgan fingerprint density at radius 2 is 1.30 bits per heavy atom. The van der Waals surface area contributed by atoms with E-state index in [0.717, 1.165) is 17.8 Å². The van der Waals surface area contributed by atoms with Crippen molar-refractivity contribution in [3.63, 3.8) is 0 Å². The van der Waals surface area contributed by atoms with Gasteiger partial charge in [0.2, 0.25) is 0 Å². The third-order valence-electron chi connectivity index (χ3n) is 6.01. The van der Waals surface area contributed by atoms with Gasteiger partial charge in [0.05, 0.1) is 0 Å². The molecule has 0 radical (unpaired) electrons. The number of alkyl halides is 1. The Kier molecular flexibility index (Phi) is 0.256. The quantitative estimate of drug-likeness (QED) is 0.473. The normalized spacial score (nSPS) is 104. The number of rotatable bonds is 0. The first-order valence-electron chi connectivity index (χ1n) is 4.42. The van der Waals surface area contributed by atoms with Crippen LogP contribution in [0, 0.1) is 40.9 Å². The van der Waals surface area contributed by atoms with Gasteiger partial charge < -0.3 is 0 Å². The van der Waals surface area contributed by atoms with Crippen molar-refractivity contribution >= 4 is 0 Å². The molecule has 0 saturated heterocycles. The minimum atomic E-state index is -0.558. The van der Waals surface area contributed by atoms with Gasteiger partial charge in [0, 0.05) is 17.8 Å². The molecule has 0 heterocycles. The molecule has 0 bridgehead atoms. The summed E-state index contributed by atoms with van der Waals surface area (Å²) in [7, 11) is 0. The molecular formula is C9H9F. The van der Waals surface area contributed by atoms with Crippen LogP contribution in [0.4, 0.5) is 4.39 Å². The zero-order chi connectivity index (χ0) is 6.46. The van der Waals surface area contributed by atoms with Crippen LogP contribution in [0.5, 0.6) is 0 Å². The Morgan fingerprint density at radius 1 is 0.900 bits per heavy atom. The second-order valence-corrected chi connectivity index (χ2v) is 5.35. The minimum Gasteiger partial charge on any atom is -0.243 e. The van der Waals surface area contributed by atoms with E-state index >= 15 is 0 Å². The summed E-state index contributed by atoms with van der Waals surface area (Å²) in [5.41, 5.74) is 0.144. The monoisotopic (exact) mass is 136 g/mol. The molecule has 0 atom stereocenters. The average molecular weight is 136 g/mol. The molecule has 0 amide bonds. The van der Waals surface area contributed by atoms with Crippen molar-refractivity contribution in [3.8, 4) is 0 Å². The molecule has 0 N–H and O–H groups in total. The maximum atomic E-state index is 13.6. The molecular weight excluding hydrogens is 127 g/mol. The molecule has 6 aliphatic carbocycles. The molecule has 0 aromatic heterocycles. The van der Waals surface area contributed by atoms with Gasteiger partial charge in [0.25, 0.3) is 0 Å². The first-order chi connectivity index (χ1) is 4.73. The second-order valence-electron chi connectivity index (χ2n) is 5.35. The van der Waals surface area contributed by atoms with Crippen molar-refractivity contribution < 1.29 is 4.39 Å². The zero-order valence-corrected chi connectivity index (χ0v) is 5.84. The summed E-state index contributed by atoms with van der Waals surface area (Å²) < 4.78 is 13.6. The number of hydrogen-bond acceptors (Lipinski definition) is 0. The van der Waals surface area contributed by atoms with Crippen molar-refractivity contribution in [2.45, 2.75) is 12.6 Å². The first kappa shape index (κ1) is 4.08. The lowest BCUT2D eigenvalue weighted by atomic mass is 8.96. The van der Waals surface area contributed by atoms with E-state index in [2.05, 4.69) is 6.92 Å². The van der Waals surface area contributed by atoms with Crippen molar-refractivity contribution in [3.05, 3.63) is 0 Å². The fourth-order valence-electron chi connectivity index (χ4n) is 5.93. The topological polar surface area (TPSA) is 0 Å². The summed E-state index contributed by atoms with van der Waals surface area (Å²) >= 11 is 0. The van der Waals surface area contributed by atoms with Crippen LogP contribution in [0.3, 0.4) is 0 Å². The number of halogens is 1. The molecule has 0 aromatic rings. The lowest BCUT2D eigenvalue weighted by Gasteiger charge is -3.08. The van der Waals surface area contributed by atoms with Gasteiger partial charge in [0.15, 0.2) is 0 Å². The van der Waals surface area contributed by atoms with E-state index in [1.807, 2.05) is 0 Å². The van der Waals surface area contributed by atoms with E-state index in [-0.39, 0.29) is 0 Å². The number of hydrogen-bond donors (Lipinski definition) is 0. The van der Waals surface area contributed by atoms with Gasteiger partial charge in [-0.15, -0.1) is 0 Å². The van der Waals surface area contributed by atoms with Crippen LogP contribution in [0.2, 0.25) is 0 Å². The molecule has 6 saturated carbocycles. The highest BCUT2D eigenvalue weighted by atomic mass is 19.1. The molecule has 52 valence electrons. The Balaban J connectivity index is 1.87. The summed E-state index contributed by atoms with van der Waals surface area (Å²) in [6.45, 7) is 2.40. The van der Waals surface area contributed by atoms with Gasteiger partial charge in [-0.2, -0.15) is 0 Å². The highest BCUT2D eigenvalue weighted by Crippen LogP contribution is 3.07. The largest absolute Gasteiger partial charge is 0.243 e. The Hall–Kier alpha value is -0.0700. The fourth-order valence-corrected chi connectivity index (χ4v) is 5.93. The third kappa shape index (κ3) is 0.106. The van der Waals surface area contributed by atoms with Crippen LogP contribution in [0.15, 0.2) is 0 Å². The molecule has 0 nitrogen and oxygen atoms in total. The molecule has 0 spiro atoms. The lowest BCUT2D eigenvalue weighted by Crippen LogP contribution is -3.11. The SMILES string of the molecule is CC12C3C4C1C1C2C3C41F. The smallest absolute Gasteiger partial charge is 0.121 e. The molecule has 6 rings (SSSR count). The van der Waals surface area contributed by atoms with Gasteiger partial charge in [-0.3, -0.25) is 0 Å². The highest BCUT2D eigenvalue weighted by molar-refractivity contribution is 5.55. The molecule has 0 aromatic carbocycles. The van der Waals surface area contributed by atoms with E-state index in [1.54, 1.807) is 0 Å². The molecule has 6 aliphatic rings. The Labute approximate surface area is 58.8 Å². The predicted octanol–water partition coefficient (Wildman–Crippen LogP) is 1.47. The molecule has 0 aliphatic heterocycles. The summed E-state index contributed by atoms with van der Waals surface area (Å²) in [5.74, 6) is 4.36. The molecule has 0 unspecified atom stereocenters. The van der Waals surface area contributed by atoms with E-state index in [4.69, 9.17) is 0 Å². The zero-order valence-electron chi connectivity index (χ0n) is 5.84. The fraction of sp³-hybridized carbons (Fsp3) is 1.00. The Morgan fingerprint density at radius 3 is 1.60 bits per heavy atom. The third-order valence-corrected chi connectivity index (χ3v) is 6.01. The summed E-state index contributed by atoms with van der Waals surface area (Å²) in [5, 5.41) is 0. The summed E-state index contributed by atoms with van der Waals surface area (Å²) in [4.78, 5) is 0. The second kappa shape index (κ2) is 0.627. The van der Waals surface area contributed by atoms with Crippen molar-refractivity contribution in [1.82, 2.24) is 0 Å². The van der Waals surface area contributed by atoms with Crippen LogP contribution in [-0.2, 0) is 0 Å². The standard InChI is InChI=1S/C9H9F/c1-8-2-5-3(8)7-4(8)6(2)9(5,7)10/h2-7H,1H3.